The van der Waals surface area contributed by atoms with Crippen LogP contribution in [0, 0.1) is 5.41 Å². The molecule has 0 amide bonds. The first-order chi connectivity index (χ1) is 7.58. The summed E-state index contributed by atoms with van der Waals surface area (Å²) >= 11 is 7.19. The van der Waals surface area contributed by atoms with Crippen LogP contribution in [-0.4, -0.2) is 32.7 Å². The third-order valence-electron chi connectivity index (χ3n) is 2.66. The van der Waals surface area contributed by atoms with Crippen molar-refractivity contribution in [3.63, 3.8) is 0 Å². The Kier molecular flexibility index (Phi) is 4.33. The van der Waals surface area contributed by atoms with Gasteiger partial charge in [-0.25, -0.2) is 4.31 Å². The van der Waals surface area contributed by atoms with Gasteiger partial charge in [0.2, 0.25) is 0 Å². The van der Waals surface area contributed by atoms with Crippen molar-refractivity contribution in [1.82, 2.24) is 4.31 Å². The Balaban J connectivity index is 2.91. The van der Waals surface area contributed by atoms with E-state index in [4.69, 9.17) is 11.6 Å². The van der Waals surface area contributed by atoms with Gasteiger partial charge < -0.3 is 4.79 Å². The molecule has 0 bridgehead atoms. The highest BCUT2D eigenvalue weighted by Crippen LogP contribution is 2.43. The molecule has 0 N–H and O–H groups in total. The number of rotatable bonds is 3. The van der Waals surface area contributed by atoms with Crippen molar-refractivity contribution in [3.8, 4) is 0 Å². The van der Waals surface area contributed by atoms with Gasteiger partial charge in [0, 0.05) is 5.54 Å². The Morgan fingerprint density at radius 1 is 1.35 bits per heavy atom. The monoisotopic (exact) mass is 277 g/mol. The first-order valence-electron chi connectivity index (χ1n) is 5.68. The van der Waals surface area contributed by atoms with E-state index in [1.54, 1.807) is 0 Å². The van der Waals surface area contributed by atoms with Crippen molar-refractivity contribution >= 4 is 35.6 Å². The Bertz CT molecular complexity index is 325. The van der Waals surface area contributed by atoms with Gasteiger partial charge in [0.1, 0.15) is 12.3 Å². The van der Waals surface area contributed by atoms with Crippen molar-refractivity contribution in [2.45, 2.75) is 57.3 Å². The topological polar surface area (TPSA) is 37.4 Å². The highest BCUT2D eigenvalue weighted by Gasteiger charge is 2.47. The number of nitrogens with zero attached hydrogens (tertiary/aromatic N) is 1. The molecule has 3 nitrogen and oxygen atoms in total. The molecule has 17 heavy (non-hydrogen) atoms. The van der Waals surface area contributed by atoms with E-state index in [2.05, 4.69) is 20.8 Å². The number of Topliss-reactive ketones (excluding diaryl/α,β-unsaturated/α-hetero) is 1. The van der Waals surface area contributed by atoms with Crippen LogP contribution < -0.4 is 0 Å². The van der Waals surface area contributed by atoms with E-state index in [-0.39, 0.29) is 16.7 Å². The molecule has 0 aromatic carbocycles. The van der Waals surface area contributed by atoms with Gasteiger partial charge >= 0.3 is 0 Å². The summed E-state index contributed by atoms with van der Waals surface area (Å²) < 4.78 is 1.22. The first-order valence-corrected chi connectivity index (χ1v) is 6.95. The largest absolute Gasteiger partial charge is 0.301 e. The smallest absolute Gasteiger partial charge is 0.187 e. The average Bonchev–Trinajstić information content (AvgIpc) is 2.40. The number of hydrogen-bond donors (Lipinski definition) is 0. The summed E-state index contributed by atoms with van der Waals surface area (Å²) in [6.07, 6.45) is 1.58. The fourth-order valence-corrected chi connectivity index (χ4v) is 3.95. The SMILES string of the molecule is CC(C)(C)CC(C)(C)N1SC(Cl)C(=O)C1C=O. The first kappa shape index (κ1) is 15.0. The zero-order valence-electron chi connectivity index (χ0n) is 11.0. The van der Waals surface area contributed by atoms with Crippen molar-refractivity contribution in [2.24, 2.45) is 5.41 Å². The van der Waals surface area contributed by atoms with E-state index >= 15 is 0 Å². The molecule has 0 spiro atoms. The fourth-order valence-electron chi connectivity index (χ4n) is 2.48. The van der Waals surface area contributed by atoms with Crippen LogP contribution in [0.1, 0.15) is 41.0 Å². The van der Waals surface area contributed by atoms with Crippen LogP contribution >= 0.6 is 23.5 Å². The van der Waals surface area contributed by atoms with E-state index in [1.807, 2.05) is 18.2 Å². The number of alkyl halides is 1. The predicted molar refractivity (Wildman–Crippen MR) is 72.1 cm³/mol. The molecule has 0 aliphatic carbocycles. The molecule has 1 heterocycles. The number of hydrogen-bond acceptors (Lipinski definition) is 4. The van der Waals surface area contributed by atoms with E-state index in [9.17, 15) is 9.59 Å². The maximum absolute atomic E-state index is 11.7. The molecule has 1 aliphatic rings. The Labute approximate surface area is 112 Å². The summed E-state index contributed by atoms with van der Waals surface area (Å²) in [6, 6.07) is -0.708. The number of halogens is 1. The standard InChI is InChI=1S/C12H20ClNO2S/c1-11(2,3)7-12(4,5)14-8(6-15)9(16)10(13)17-14/h6,8,10H,7H2,1-5H3. The molecule has 1 rings (SSSR count). The molecule has 1 saturated heterocycles. The summed E-state index contributed by atoms with van der Waals surface area (Å²) in [5, 5.41) is 0. The minimum absolute atomic E-state index is 0.130. The Morgan fingerprint density at radius 3 is 2.29 bits per heavy atom. The lowest BCUT2D eigenvalue weighted by Gasteiger charge is -2.40. The maximum Gasteiger partial charge on any atom is 0.187 e. The lowest BCUT2D eigenvalue weighted by Crippen LogP contribution is -2.47. The van der Waals surface area contributed by atoms with Gasteiger partial charge in [-0.2, -0.15) is 0 Å². The molecule has 0 radical (unpaired) electrons. The molecule has 1 fully saturated rings. The molecule has 5 heteroatoms. The minimum Gasteiger partial charge on any atom is -0.301 e. The van der Waals surface area contributed by atoms with Crippen molar-refractivity contribution in [1.29, 1.82) is 0 Å². The van der Waals surface area contributed by atoms with Gasteiger partial charge in [-0.15, -0.1) is 11.6 Å². The Hall–Kier alpha value is -0.0600. The van der Waals surface area contributed by atoms with Crippen LogP contribution in [0.2, 0.25) is 0 Å². The highest BCUT2D eigenvalue weighted by molar-refractivity contribution is 8.00. The molecule has 2 unspecified atom stereocenters. The fraction of sp³-hybridized carbons (Fsp3) is 0.833. The zero-order chi connectivity index (χ0) is 13.4. The van der Waals surface area contributed by atoms with Crippen LogP contribution in [0.3, 0.4) is 0 Å². The molecule has 0 aromatic rings. The molecule has 0 aromatic heterocycles. The van der Waals surface area contributed by atoms with Crippen LogP contribution in [0.4, 0.5) is 0 Å². The number of ketones is 1. The van der Waals surface area contributed by atoms with Gasteiger partial charge in [0.15, 0.2) is 10.5 Å². The molecule has 1 aliphatic heterocycles. The second kappa shape index (κ2) is 4.90. The molecule has 0 saturated carbocycles. The van der Waals surface area contributed by atoms with Crippen molar-refractivity contribution in [2.75, 3.05) is 0 Å². The molecular weight excluding hydrogens is 258 g/mol. The molecule has 98 valence electrons. The summed E-state index contributed by atoms with van der Waals surface area (Å²) in [7, 11) is 0. The lowest BCUT2D eigenvalue weighted by atomic mass is 9.81. The summed E-state index contributed by atoms with van der Waals surface area (Å²) in [4.78, 5) is 22.8. The lowest BCUT2D eigenvalue weighted by molar-refractivity contribution is -0.126. The summed E-state index contributed by atoms with van der Waals surface area (Å²) in [5.74, 6) is -0.200. The maximum atomic E-state index is 11.7. The highest BCUT2D eigenvalue weighted by atomic mass is 35.5. The van der Waals surface area contributed by atoms with Crippen LogP contribution in [0.15, 0.2) is 0 Å². The second-order valence-electron chi connectivity index (χ2n) is 6.28. The number of carbonyl (C=O) groups is 2. The minimum atomic E-state index is -0.708. The zero-order valence-corrected chi connectivity index (χ0v) is 12.6. The third-order valence-corrected chi connectivity index (χ3v) is 4.48. The van der Waals surface area contributed by atoms with Gasteiger partial charge in [0.25, 0.3) is 0 Å². The van der Waals surface area contributed by atoms with Crippen LogP contribution in [-0.2, 0) is 9.59 Å². The van der Waals surface area contributed by atoms with Gasteiger partial charge in [-0.3, -0.25) is 4.79 Å². The third kappa shape index (κ3) is 3.46. The summed E-state index contributed by atoms with van der Waals surface area (Å²) in [6.45, 7) is 10.5. The molecular formula is C12H20ClNO2S. The van der Waals surface area contributed by atoms with Crippen LogP contribution in [0.25, 0.3) is 0 Å². The summed E-state index contributed by atoms with van der Waals surface area (Å²) in [5.41, 5.74) is -0.112. The second-order valence-corrected chi connectivity index (χ2v) is 8.05. The normalized spacial score (nSPS) is 27.5. The van der Waals surface area contributed by atoms with Gasteiger partial charge in [-0.05, 0) is 37.6 Å². The average molecular weight is 278 g/mol. The Morgan fingerprint density at radius 2 is 1.88 bits per heavy atom. The predicted octanol–water partition coefficient (Wildman–Crippen LogP) is 2.87. The molecule has 2 atom stereocenters. The van der Waals surface area contributed by atoms with E-state index in [0.29, 0.717) is 6.29 Å². The van der Waals surface area contributed by atoms with Gasteiger partial charge in [-0.1, -0.05) is 20.8 Å². The van der Waals surface area contributed by atoms with E-state index in [0.717, 1.165) is 6.42 Å². The van der Waals surface area contributed by atoms with E-state index < -0.39 is 10.8 Å². The van der Waals surface area contributed by atoms with Crippen molar-refractivity contribution in [3.05, 3.63) is 0 Å². The van der Waals surface area contributed by atoms with E-state index in [1.165, 1.54) is 11.9 Å². The number of carbonyl (C=O) groups excluding carboxylic acids is 2. The number of aldehydes is 1. The van der Waals surface area contributed by atoms with Gasteiger partial charge in [0.05, 0.1) is 0 Å². The van der Waals surface area contributed by atoms with Crippen molar-refractivity contribution < 1.29 is 9.59 Å². The quantitative estimate of drug-likeness (QED) is 0.344. The van der Waals surface area contributed by atoms with Crippen LogP contribution in [0.5, 0.6) is 0 Å².